The first kappa shape index (κ1) is 13.4. The van der Waals surface area contributed by atoms with Crippen molar-refractivity contribution in [2.24, 2.45) is 0 Å². The molecule has 0 aliphatic rings. The van der Waals surface area contributed by atoms with Gasteiger partial charge in [-0.2, -0.15) is 0 Å². The summed E-state index contributed by atoms with van der Waals surface area (Å²) in [6, 6.07) is 1.73. The van der Waals surface area contributed by atoms with Crippen molar-refractivity contribution in [1.82, 2.24) is 0 Å². The maximum Gasteiger partial charge on any atom is 0.349 e. The molecule has 3 nitrogen and oxygen atoms in total. The SMILES string of the molecule is Cc1cc(C(=O)CBr)c(C(=O)OC(C)C)s1. The predicted molar refractivity (Wildman–Crippen MR) is 67.7 cm³/mol. The molecule has 1 rings (SSSR count). The Kier molecular flexibility index (Phi) is 4.68. The van der Waals surface area contributed by atoms with E-state index in [2.05, 4.69) is 15.9 Å². The maximum atomic E-state index is 11.7. The van der Waals surface area contributed by atoms with E-state index in [9.17, 15) is 9.59 Å². The van der Waals surface area contributed by atoms with Gasteiger partial charge in [-0.05, 0) is 26.8 Å². The molecular weight excluding hydrogens is 292 g/mol. The second-order valence-electron chi connectivity index (χ2n) is 3.61. The Morgan fingerprint density at radius 1 is 1.50 bits per heavy atom. The summed E-state index contributed by atoms with van der Waals surface area (Å²) in [4.78, 5) is 24.6. The first-order valence-corrected chi connectivity index (χ1v) is 6.80. The van der Waals surface area contributed by atoms with E-state index in [1.165, 1.54) is 11.3 Å². The molecule has 0 aromatic carbocycles. The molecule has 0 amide bonds. The van der Waals surface area contributed by atoms with Gasteiger partial charge in [0.1, 0.15) is 4.88 Å². The fourth-order valence-corrected chi connectivity index (χ4v) is 2.43. The highest BCUT2D eigenvalue weighted by Gasteiger charge is 2.21. The molecule has 0 radical (unpaired) electrons. The molecule has 88 valence electrons. The molecule has 1 heterocycles. The van der Waals surface area contributed by atoms with Gasteiger partial charge in [0.2, 0.25) is 0 Å². The molecule has 0 saturated carbocycles. The minimum atomic E-state index is -0.419. The Bertz CT molecular complexity index is 409. The molecule has 0 bridgehead atoms. The maximum absolute atomic E-state index is 11.7. The molecule has 0 spiro atoms. The van der Waals surface area contributed by atoms with Crippen LogP contribution in [0.3, 0.4) is 0 Å². The Balaban J connectivity index is 3.03. The van der Waals surface area contributed by atoms with Crippen LogP contribution >= 0.6 is 27.3 Å². The highest BCUT2D eigenvalue weighted by molar-refractivity contribution is 9.09. The van der Waals surface area contributed by atoms with Gasteiger partial charge < -0.3 is 4.74 Å². The molecule has 0 aliphatic carbocycles. The number of hydrogen-bond donors (Lipinski definition) is 0. The Hall–Kier alpha value is -0.680. The Labute approximate surface area is 107 Å². The monoisotopic (exact) mass is 304 g/mol. The summed E-state index contributed by atoms with van der Waals surface area (Å²) < 4.78 is 5.09. The summed E-state index contributed by atoms with van der Waals surface area (Å²) in [5, 5.41) is 0.213. The van der Waals surface area contributed by atoms with Crippen LogP contribution < -0.4 is 0 Å². The van der Waals surface area contributed by atoms with E-state index < -0.39 is 5.97 Å². The summed E-state index contributed by atoms with van der Waals surface area (Å²) in [7, 11) is 0. The van der Waals surface area contributed by atoms with Gasteiger partial charge in [0.05, 0.1) is 11.4 Å². The fourth-order valence-electron chi connectivity index (χ4n) is 1.21. The number of ketones is 1. The number of thiophene rings is 1. The van der Waals surface area contributed by atoms with Crippen LogP contribution in [0.2, 0.25) is 0 Å². The van der Waals surface area contributed by atoms with Crippen LogP contribution in [0.4, 0.5) is 0 Å². The van der Waals surface area contributed by atoms with Crippen LogP contribution in [0.1, 0.15) is 38.8 Å². The average Bonchev–Trinajstić information content (AvgIpc) is 2.58. The normalized spacial score (nSPS) is 10.6. The van der Waals surface area contributed by atoms with Crippen LogP contribution in [-0.2, 0) is 4.74 Å². The lowest BCUT2D eigenvalue weighted by Gasteiger charge is -2.07. The number of carbonyl (C=O) groups excluding carboxylic acids is 2. The number of halogens is 1. The van der Waals surface area contributed by atoms with E-state index in [-0.39, 0.29) is 17.2 Å². The quantitative estimate of drug-likeness (QED) is 0.487. The first-order valence-electron chi connectivity index (χ1n) is 4.86. The number of Topliss-reactive ketones (excluding diaryl/α,β-unsaturated/α-hetero) is 1. The van der Waals surface area contributed by atoms with E-state index >= 15 is 0 Å². The van der Waals surface area contributed by atoms with Crippen molar-refractivity contribution in [1.29, 1.82) is 0 Å². The summed E-state index contributed by atoms with van der Waals surface area (Å²) >= 11 is 4.39. The second-order valence-corrected chi connectivity index (χ2v) is 5.43. The molecule has 0 unspecified atom stereocenters. The Morgan fingerprint density at radius 3 is 2.62 bits per heavy atom. The first-order chi connectivity index (χ1) is 7.45. The highest BCUT2D eigenvalue weighted by atomic mass is 79.9. The average molecular weight is 305 g/mol. The molecule has 1 aromatic rings. The van der Waals surface area contributed by atoms with Crippen molar-refractivity contribution in [3.8, 4) is 0 Å². The smallest absolute Gasteiger partial charge is 0.349 e. The summed E-state index contributed by atoms with van der Waals surface area (Å²) in [6.45, 7) is 5.43. The van der Waals surface area contributed by atoms with Crippen LogP contribution in [0.25, 0.3) is 0 Å². The van der Waals surface area contributed by atoms with Gasteiger partial charge in [-0.15, -0.1) is 11.3 Å². The molecule has 0 saturated heterocycles. The zero-order valence-electron chi connectivity index (χ0n) is 9.37. The molecule has 5 heteroatoms. The highest BCUT2D eigenvalue weighted by Crippen LogP contribution is 2.24. The van der Waals surface area contributed by atoms with E-state index in [0.717, 1.165) is 4.88 Å². The molecule has 1 aromatic heterocycles. The number of carbonyl (C=O) groups is 2. The predicted octanol–water partition coefficient (Wildman–Crippen LogP) is 3.20. The van der Waals surface area contributed by atoms with Gasteiger partial charge in [0.15, 0.2) is 5.78 Å². The van der Waals surface area contributed by atoms with E-state index in [1.807, 2.05) is 6.92 Å². The standard InChI is InChI=1S/C11H13BrO3S/c1-6(2)15-11(14)10-8(9(13)5-12)4-7(3)16-10/h4,6H,5H2,1-3H3. The van der Waals surface area contributed by atoms with Gasteiger partial charge in [-0.1, -0.05) is 15.9 Å². The van der Waals surface area contributed by atoms with Gasteiger partial charge in [0.25, 0.3) is 0 Å². The molecule has 0 N–H and O–H groups in total. The lowest BCUT2D eigenvalue weighted by atomic mass is 10.2. The second kappa shape index (κ2) is 5.59. The van der Waals surface area contributed by atoms with Crippen molar-refractivity contribution in [3.05, 3.63) is 21.4 Å². The topological polar surface area (TPSA) is 43.4 Å². The molecule has 0 aliphatic heterocycles. The lowest BCUT2D eigenvalue weighted by Crippen LogP contribution is -2.13. The summed E-state index contributed by atoms with van der Waals surface area (Å²) in [5.41, 5.74) is 0.449. The van der Waals surface area contributed by atoms with Crippen LogP contribution in [-0.4, -0.2) is 23.2 Å². The molecule has 0 atom stereocenters. The molecule has 16 heavy (non-hydrogen) atoms. The van der Waals surface area contributed by atoms with Crippen molar-refractivity contribution in [3.63, 3.8) is 0 Å². The van der Waals surface area contributed by atoms with Gasteiger partial charge >= 0.3 is 5.97 Å². The minimum Gasteiger partial charge on any atom is -0.459 e. The largest absolute Gasteiger partial charge is 0.459 e. The summed E-state index contributed by atoms with van der Waals surface area (Å²) in [6.07, 6.45) is -0.179. The van der Waals surface area contributed by atoms with E-state index in [0.29, 0.717) is 10.4 Å². The zero-order chi connectivity index (χ0) is 12.3. The van der Waals surface area contributed by atoms with Crippen LogP contribution in [0, 0.1) is 6.92 Å². The number of esters is 1. The van der Waals surface area contributed by atoms with Gasteiger partial charge in [-0.3, -0.25) is 4.79 Å². The number of ether oxygens (including phenoxy) is 1. The minimum absolute atomic E-state index is 0.0972. The number of rotatable bonds is 4. The van der Waals surface area contributed by atoms with Crippen molar-refractivity contribution in [2.75, 3.05) is 5.33 Å². The third-order valence-electron chi connectivity index (χ3n) is 1.81. The third-order valence-corrected chi connectivity index (χ3v) is 3.35. The van der Waals surface area contributed by atoms with Crippen LogP contribution in [0.15, 0.2) is 6.07 Å². The van der Waals surface area contributed by atoms with E-state index in [1.54, 1.807) is 19.9 Å². The van der Waals surface area contributed by atoms with Crippen LogP contribution in [0.5, 0.6) is 0 Å². The van der Waals surface area contributed by atoms with Gasteiger partial charge in [0, 0.05) is 10.4 Å². The van der Waals surface area contributed by atoms with E-state index in [4.69, 9.17) is 4.74 Å². The number of aryl methyl sites for hydroxylation is 1. The van der Waals surface area contributed by atoms with Crippen molar-refractivity contribution in [2.45, 2.75) is 26.9 Å². The molecule has 0 fully saturated rings. The lowest BCUT2D eigenvalue weighted by molar-refractivity contribution is 0.0381. The number of alkyl halides is 1. The fraction of sp³-hybridized carbons (Fsp3) is 0.455. The summed E-state index contributed by atoms with van der Waals surface area (Å²) in [5.74, 6) is -0.516. The zero-order valence-corrected chi connectivity index (χ0v) is 11.8. The number of hydrogen-bond acceptors (Lipinski definition) is 4. The van der Waals surface area contributed by atoms with Gasteiger partial charge in [-0.25, -0.2) is 4.79 Å². The van der Waals surface area contributed by atoms with Crippen molar-refractivity contribution < 1.29 is 14.3 Å². The van der Waals surface area contributed by atoms with Crippen molar-refractivity contribution >= 4 is 39.0 Å². The third kappa shape index (κ3) is 3.15. The molecular formula is C11H13BrO3S. The Morgan fingerprint density at radius 2 is 2.12 bits per heavy atom.